The minimum absolute atomic E-state index is 0.547. The molecule has 0 radical (unpaired) electrons. The fourth-order valence-electron chi connectivity index (χ4n) is 0.780. The Morgan fingerprint density at radius 3 is 1.20 bits per heavy atom. The van der Waals surface area contributed by atoms with Crippen molar-refractivity contribution in [3.8, 4) is 0 Å². The lowest BCUT2D eigenvalue weighted by Crippen LogP contribution is -2.53. The SMILES string of the molecule is CC(F)(F)C(F)(F)C(C(F)F)C(F)(F)F. The molecule has 0 saturated carbocycles. The average molecular weight is 248 g/mol. The molecule has 0 saturated heterocycles. The Hall–Kier alpha value is -0.630. The fourth-order valence-corrected chi connectivity index (χ4v) is 0.780. The van der Waals surface area contributed by atoms with E-state index in [1.165, 1.54) is 0 Å². The van der Waals surface area contributed by atoms with Gasteiger partial charge in [0, 0.05) is 6.92 Å². The highest BCUT2D eigenvalue weighted by molar-refractivity contribution is 4.92. The van der Waals surface area contributed by atoms with E-state index < -0.39 is 37.3 Å². The number of alkyl halides is 9. The zero-order valence-electron chi connectivity index (χ0n) is 7.06. The number of halogens is 9. The molecule has 0 amide bonds. The van der Waals surface area contributed by atoms with Gasteiger partial charge in [-0.05, 0) is 0 Å². The van der Waals surface area contributed by atoms with Gasteiger partial charge in [0.2, 0.25) is 0 Å². The maximum Gasteiger partial charge on any atom is 0.403 e. The molecule has 1 unspecified atom stereocenters. The molecule has 0 N–H and O–H groups in total. The molecule has 0 bridgehead atoms. The summed E-state index contributed by atoms with van der Waals surface area (Å²) in [6.45, 7) is -0.547. The lowest BCUT2D eigenvalue weighted by atomic mass is 9.96. The first-order valence-electron chi connectivity index (χ1n) is 3.42. The van der Waals surface area contributed by atoms with Gasteiger partial charge in [-0.25, -0.2) is 17.6 Å². The van der Waals surface area contributed by atoms with Crippen LogP contribution in [0.3, 0.4) is 0 Å². The van der Waals surface area contributed by atoms with Crippen molar-refractivity contribution < 1.29 is 39.5 Å². The predicted octanol–water partition coefficient (Wildman–Crippen LogP) is 3.72. The van der Waals surface area contributed by atoms with Gasteiger partial charge in [0.1, 0.15) is 0 Å². The average Bonchev–Trinajstić information content (AvgIpc) is 1.76. The van der Waals surface area contributed by atoms with E-state index in [0.717, 1.165) is 0 Å². The van der Waals surface area contributed by atoms with Crippen molar-refractivity contribution in [3.05, 3.63) is 0 Å². The highest BCUT2D eigenvalue weighted by atomic mass is 19.4. The number of rotatable bonds is 3. The Kier molecular flexibility index (Phi) is 3.59. The number of hydrogen-bond acceptors (Lipinski definition) is 0. The van der Waals surface area contributed by atoms with Gasteiger partial charge in [-0.15, -0.1) is 0 Å². The minimum Gasteiger partial charge on any atom is -0.210 e. The molecule has 0 aliphatic heterocycles. The Morgan fingerprint density at radius 2 is 1.13 bits per heavy atom. The van der Waals surface area contributed by atoms with Crippen LogP contribution in [-0.4, -0.2) is 24.4 Å². The van der Waals surface area contributed by atoms with Crippen LogP contribution in [0.5, 0.6) is 0 Å². The van der Waals surface area contributed by atoms with Crippen molar-refractivity contribution >= 4 is 0 Å². The van der Waals surface area contributed by atoms with Gasteiger partial charge in [0.05, 0.1) is 0 Å². The minimum atomic E-state index is -6.10. The molecule has 0 aromatic rings. The van der Waals surface area contributed by atoms with E-state index in [1.54, 1.807) is 0 Å². The molecule has 1 atom stereocenters. The second-order valence-corrected chi connectivity index (χ2v) is 2.87. The summed E-state index contributed by atoms with van der Waals surface area (Å²) >= 11 is 0. The topological polar surface area (TPSA) is 0 Å². The second-order valence-electron chi connectivity index (χ2n) is 2.87. The molecule has 0 rings (SSSR count). The molecular weight excluding hydrogens is 243 g/mol. The maximum absolute atomic E-state index is 12.4. The summed E-state index contributed by atoms with van der Waals surface area (Å²) in [5, 5.41) is 0. The van der Waals surface area contributed by atoms with Crippen LogP contribution in [0.1, 0.15) is 6.92 Å². The largest absolute Gasteiger partial charge is 0.403 e. The standard InChI is InChI=1S/C6H5F9/c1-4(9,10)5(11,12)2(3(7)8)6(13,14)15/h2-3H,1H3. The van der Waals surface area contributed by atoms with E-state index >= 15 is 0 Å². The molecule has 0 heterocycles. The number of hydrogen-bond donors (Lipinski definition) is 0. The van der Waals surface area contributed by atoms with Crippen LogP contribution < -0.4 is 0 Å². The molecule has 0 spiro atoms. The first kappa shape index (κ1) is 14.4. The van der Waals surface area contributed by atoms with Crippen LogP contribution >= 0.6 is 0 Å². The van der Waals surface area contributed by atoms with Gasteiger partial charge in [0.25, 0.3) is 6.43 Å². The first-order chi connectivity index (χ1) is 6.32. The van der Waals surface area contributed by atoms with Crippen LogP contribution in [0.2, 0.25) is 0 Å². The summed E-state index contributed by atoms with van der Waals surface area (Å²) in [7, 11) is 0. The predicted molar refractivity (Wildman–Crippen MR) is 31.1 cm³/mol. The summed E-state index contributed by atoms with van der Waals surface area (Å²) in [5.41, 5.74) is 0. The van der Waals surface area contributed by atoms with Gasteiger partial charge >= 0.3 is 18.0 Å². The molecule has 15 heavy (non-hydrogen) atoms. The van der Waals surface area contributed by atoms with Crippen LogP contribution in [0, 0.1) is 5.92 Å². The van der Waals surface area contributed by atoms with E-state index in [2.05, 4.69) is 0 Å². The van der Waals surface area contributed by atoms with Gasteiger partial charge in [0.15, 0.2) is 5.92 Å². The fraction of sp³-hybridized carbons (Fsp3) is 1.00. The Bertz CT molecular complexity index is 210. The van der Waals surface area contributed by atoms with Crippen molar-refractivity contribution in [2.75, 3.05) is 0 Å². The van der Waals surface area contributed by atoms with Gasteiger partial charge < -0.3 is 0 Å². The van der Waals surface area contributed by atoms with Crippen LogP contribution in [-0.2, 0) is 0 Å². The Balaban J connectivity index is 5.28. The molecule has 0 aliphatic rings. The van der Waals surface area contributed by atoms with E-state index in [4.69, 9.17) is 0 Å². The second kappa shape index (κ2) is 3.75. The molecule has 0 aromatic carbocycles. The molecule has 0 nitrogen and oxygen atoms in total. The highest BCUT2D eigenvalue weighted by Gasteiger charge is 2.69. The first-order valence-corrected chi connectivity index (χ1v) is 3.42. The van der Waals surface area contributed by atoms with Crippen molar-refractivity contribution in [3.63, 3.8) is 0 Å². The summed E-state index contributed by atoms with van der Waals surface area (Å²) in [4.78, 5) is 0. The lowest BCUT2D eigenvalue weighted by molar-refractivity contribution is -0.323. The third-order valence-electron chi connectivity index (χ3n) is 1.58. The molecule has 9 heteroatoms. The Labute approximate surface area is 78.1 Å². The van der Waals surface area contributed by atoms with Crippen LogP contribution in [0.15, 0.2) is 0 Å². The zero-order chi connectivity index (χ0) is 12.7. The van der Waals surface area contributed by atoms with E-state index in [9.17, 15) is 39.5 Å². The summed E-state index contributed by atoms with van der Waals surface area (Å²) in [5.74, 6) is -15.7. The molecule has 0 aromatic heterocycles. The summed E-state index contributed by atoms with van der Waals surface area (Å²) in [6, 6.07) is 0. The Morgan fingerprint density at radius 1 is 0.800 bits per heavy atom. The molecular formula is C6H5F9. The van der Waals surface area contributed by atoms with Gasteiger partial charge in [-0.1, -0.05) is 0 Å². The normalized spacial score (nSPS) is 17.0. The third kappa shape index (κ3) is 2.91. The van der Waals surface area contributed by atoms with E-state index in [0.29, 0.717) is 0 Å². The van der Waals surface area contributed by atoms with E-state index in [1.807, 2.05) is 0 Å². The van der Waals surface area contributed by atoms with Crippen LogP contribution in [0.4, 0.5) is 39.5 Å². The summed E-state index contributed by atoms with van der Waals surface area (Å²) < 4.78 is 107. The smallest absolute Gasteiger partial charge is 0.210 e. The molecule has 0 fully saturated rings. The van der Waals surface area contributed by atoms with Gasteiger partial charge in [-0.2, -0.15) is 22.0 Å². The quantitative estimate of drug-likeness (QED) is 0.667. The lowest BCUT2D eigenvalue weighted by Gasteiger charge is -2.31. The van der Waals surface area contributed by atoms with E-state index in [-0.39, 0.29) is 0 Å². The van der Waals surface area contributed by atoms with Crippen molar-refractivity contribution in [2.45, 2.75) is 31.4 Å². The zero-order valence-corrected chi connectivity index (χ0v) is 7.06. The summed E-state index contributed by atoms with van der Waals surface area (Å²) in [6.07, 6.45) is -10.7. The van der Waals surface area contributed by atoms with Crippen molar-refractivity contribution in [1.29, 1.82) is 0 Å². The van der Waals surface area contributed by atoms with Crippen molar-refractivity contribution in [2.24, 2.45) is 5.92 Å². The van der Waals surface area contributed by atoms with Gasteiger partial charge in [-0.3, -0.25) is 0 Å². The third-order valence-corrected chi connectivity index (χ3v) is 1.58. The molecule has 92 valence electrons. The van der Waals surface area contributed by atoms with Crippen LogP contribution in [0.25, 0.3) is 0 Å². The maximum atomic E-state index is 12.4. The van der Waals surface area contributed by atoms with Crippen molar-refractivity contribution in [1.82, 2.24) is 0 Å². The molecule has 0 aliphatic carbocycles. The highest BCUT2D eigenvalue weighted by Crippen LogP contribution is 2.49. The monoisotopic (exact) mass is 248 g/mol.